The van der Waals surface area contributed by atoms with Crippen molar-refractivity contribution < 1.29 is 17.9 Å². The Balaban J connectivity index is 1.31. The van der Waals surface area contributed by atoms with Crippen molar-refractivity contribution in [1.82, 2.24) is 4.31 Å². The molecule has 0 aliphatic heterocycles. The van der Waals surface area contributed by atoms with Gasteiger partial charge in [0.05, 0.1) is 11.5 Å². The van der Waals surface area contributed by atoms with Gasteiger partial charge in [0.1, 0.15) is 5.75 Å². The molecule has 1 aliphatic carbocycles. The molecule has 0 heterocycles. The van der Waals surface area contributed by atoms with Crippen LogP contribution in [-0.2, 0) is 16.4 Å². The number of amides is 1. The molecule has 1 saturated carbocycles. The quantitative estimate of drug-likeness (QED) is 0.427. The number of anilines is 1. The lowest BCUT2D eigenvalue weighted by Crippen LogP contribution is -2.38. The Bertz CT molecular complexity index is 1200. The van der Waals surface area contributed by atoms with E-state index in [1.54, 1.807) is 55.6 Å². The molecule has 3 aromatic rings. The van der Waals surface area contributed by atoms with Gasteiger partial charge in [-0.25, -0.2) is 8.42 Å². The SMILES string of the molecule is CN(C1CCCCC1)S(=O)(=O)c1ccc(NC(=O)c2ccc(OCCc3ccccc3)cc2)cc1. The van der Waals surface area contributed by atoms with Crippen LogP contribution in [0.1, 0.15) is 48.0 Å². The van der Waals surface area contributed by atoms with Crippen LogP contribution >= 0.6 is 0 Å². The van der Waals surface area contributed by atoms with Gasteiger partial charge in [0, 0.05) is 30.8 Å². The lowest BCUT2D eigenvalue weighted by atomic mass is 9.96. The summed E-state index contributed by atoms with van der Waals surface area (Å²) in [5, 5.41) is 2.83. The largest absolute Gasteiger partial charge is 0.493 e. The monoisotopic (exact) mass is 492 g/mol. The maximum absolute atomic E-state index is 13.0. The van der Waals surface area contributed by atoms with E-state index < -0.39 is 10.0 Å². The van der Waals surface area contributed by atoms with Crippen molar-refractivity contribution >= 4 is 21.6 Å². The van der Waals surface area contributed by atoms with Crippen molar-refractivity contribution in [3.8, 4) is 5.75 Å². The first-order valence-corrected chi connectivity index (χ1v) is 13.5. The third kappa shape index (κ3) is 6.50. The normalized spacial score (nSPS) is 14.6. The smallest absolute Gasteiger partial charge is 0.255 e. The summed E-state index contributed by atoms with van der Waals surface area (Å²) in [5.41, 5.74) is 2.24. The van der Waals surface area contributed by atoms with Gasteiger partial charge in [-0.2, -0.15) is 4.31 Å². The third-order valence-electron chi connectivity index (χ3n) is 6.50. The van der Waals surface area contributed by atoms with Crippen LogP contribution in [0, 0.1) is 0 Å². The van der Waals surface area contributed by atoms with Gasteiger partial charge in [0.25, 0.3) is 5.91 Å². The molecular weight excluding hydrogens is 460 g/mol. The predicted molar refractivity (Wildman–Crippen MR) is 138 cm³/mol. The van der Waals surface area contributed by atoms with E-state index >= 15 is 0 Å². The maximum atomic E-state index is 13.0. The molecule has 0 saturated heterocycles. The van der Waals surface area contributed by atoms with Crippen LogP contribution in [0.25, 0.3) is 0 Å². The Labute approximate surface area is 208 Å². The number of hydrogen-bond donors (Lipinski definition) is 1. The van der Waals surface area contributed by atoms with Crippen LogP contribution < -0.4 is 10.1 Å². The Kier molecular flexibility index (Phi) is 8.21. The fourth-order valence-electron chi connectivity index (χ4n) is 4.35. The molecule has 184 valence electrons. The molecule has 3 aromatic carbocycles. The number of nitrogens with zero attached hydrogens (tertiary/aromatic N) is 1. The summed E-state index contributed by atoms with van der Waals surface area (Å²) in [5.74, 6) is 0.435. The van der Waals surface area contributed by atoms with Gasteiger partial charge in [-0.1, -0.05) is 49.6 Å². The van der Waals surface area contributed by atoms with Crippen LogP contribution in [0.5, 0.6) is 5.75 Å². The minimum absolute atomic E-state index is 0.0541. The number of ether oxygens (including phenoxy) is 1. The number of nitrogens with one attached hydrogen (secondary N) is 1. The average Bonchev–Trinajstić information content (AvgIpc) is 2.90. The molecule has 0 unspecified atom stereocenters. The zero-order valence-electron chi connectivity index (χ0n) is 20.0. The number of rotatable bonds is 9. The highest BCUT2D eigenvalue weighted by Crippen LogP contribution is 2.27. The van der Waals surface area contributed by atoms with Crippen molar-refractivity contribution in [2.45, 2.75) is 49.5 Å². The first kappa shape index (κ1) is 24.9. The summed E-state index contributed by atoms with van der Waals surface area (Å²) in [6.45, 7) is 0.556. The molecule has 0 atom stereocenters. The van der Waals surface area contributed by atoms with Gasteiger partial charge in [0.2, 0.25) is 10.0 Å². The van der Waals surface area contributed by atoms with Crippen molar-refractivity contribution in [3.63, 3.8) is 0 Å². The molecule has 1 fully saturated rings. The number of hydrogen-bond acceptors (Lipinski definition) is 4. The van der Waals surface area contributed by atoms with Gasteiger partial charge in [-0.15, -0.1) is 0 Å². The van der Waals surface area contributed by atoms with Gasteiger partial charge in [-0.05, 0) is 66.9 Å². The lowest BCUT2D eigenvalue weighted by Gasteiger charge is -2.30. The Morgan fingerprint density at radius 3 is 2.23 bits per heavy atom. The highest BCUT2D eigenvalue weighted by molar-refractivity contribution is 7.89. The number of sulfonamides is 1. The average molecular weight is 493 g/mol. The van der Waals surface area contributed by atoms with Crippen LogP contribution in [0.4, 0.5) is 5.69 Å². The predicted octanol–water partition coefficient (Wildman–Crippen LogP) is 5.51. The van der Waals surface area contributed by atoms with Crippen LogP contribution in [0.2, 0.25) is 0 Å². The molecular formula is C28H32N2O4S. The zero-order chi connectivity index (χ0) is 24.7. The number of benzene rings is 3. The lowest BCUT2D eigenvalue weighted by molar-refractivity contribution is 0.102. The highest BCUT2D eigenvalue weighted by Gasteiger charge is 2.28. The van der Waals surface area contributed by atoms with E-state index in [-0.39, 0.29) is 16.8 Å². The van der Waals surface area contributed by atoms with Gasteiger partial charge < -0.3 is 10.1 Å². The fraction of sp³-hybridized carbons (Fsp3) is 0.321. The Morgan fingerprint density at radius 2 is 1.57 bits per heavy atom. The third-order valence-corrected chi connectivity index (χ3v) is 8.42. The van der Waals surface area contributed by atoms with E-state index in [9.17, 15) is 13.2 Å². The molecule has 4 rings (SSSR count). The fourth-order valence-corrected chi connectivity index (χ4v) is 5.77. The van der Waals surface area contributed by atoms with Gasteiger partial charge >= 0.3 is 0 Å². The van der Waals surface area contributed by atoms with Crippen LogP contribution in [0.3, 0.4) is 0 Å². The molecule has 0 bridgehead atoms. The van der Waals surface area contributed by atoms with E-state index in [2.05, 4.69) is 17.4 Å². The standard InChI is InChI=1S/C28H32N2O4S/c1-30(25-10-6-3-7-11-25)35(32,33)27-18-14-24(15-19-27)29-28(31)23-12-16-26(17-13-23)34-21-20-22-8-4-2-5-9-22/h2,4-5,8-9,12-19,25H,3,6-7,10-11,20-21H2,1H3,(H,29,31). The van der Waals surface area contributed by atoms with E-state index in [4.69, 9.17) is 4.74 Å². The molecule has 0 radical (unpaired) electrons. The summed E-state index contributed by atoms with van der Waals surface area (Å²) in [4.78, 5) is 12.9. The van der Waals surface area contributed by atoms with Gasteiger partial charge in [0.15, 0.2) is 0 Å². The van der Waals surface area contributed by atoms with E-state index in [1.807, 2.05) is 18.2 Å². The van der Waals surface area contributed by atoms with E-state index in [0.29, 0.717) is 23.6 Å². The second-order valence-corrected chi connectivity index (χ2v) is 10.9. The first-order valence-electron chi connectivity index (χ1n) is 12.1. The molecule has 7 heteroatoms. The van der Waals surface area contributed by atoms with Crippen molar-refractivity contribution in [2.24, 2.45) is 0 Å². The molecule has 0 aromatic heterocycles. The van der Waals surface area contributed by atoms with Gasteiger partial charge in [-0.3, -0.25) is 4.79 Å². The number of carbonyl (C=O) groups is 1. The maximum Gasteiger partial charge on any atom is 0.255 e. The van der Waals surface area contributed by atoms with Crippen molar-refractivity contribution in [1.29, 1.82) is 0 Å². The Hall–Kier alpha value is -3.16. The first-order chi connectivity index (χ1) is 16.9. The second-order valence-electron chi connectivity index (χ2n) is 8.90. The summed E-state index contributed by atoms with van der Waals surface area (Å²) >= 11 is 0. The highest BCUT2D eigenvalue weighted by atomic mass is 32.2. The molecule has 0 spiro atoms. The van der Waals surface area contributed by atoms with Crippen molar-refractivity contribution in [3.05, 3.63) is 90.0 Å². The van der Waals surface area contributed by atoms with Crippen LogP contribution in [-0.4, -0.2) is 38.3 Å². The molecule has 1 aliphatic rings. The minimum atomic E-state index is -3.56. The molecule has 6 nitrogen and oxygen atoms in total. The summed E-state index contributed by atoms with van der Waals surface area (Å²) in [7, 11) is -1.90. The molecule has 35 heavy (non-hydrogen) atoms. The van der Waals surface area contributed by atoms with E-state index in [0.717, 1.165) is 32.1 Å². The van der Waals surface area contributed by atoms with Crippen LogP contribution in [0.15, 0.2) is 83.8 Å². The number of carbonyl (C=O) groups excluding carboxylic acids is 1. The molecule has 1 N–H and O–H groups in total. The Morgan fingerprint density at radius 1 is 0.914 bits per heavy atom. The zero-order valence-corrected chi connectivity index (χ0v) is 20.8. The summed E-state index contributed by atoms with van der Waals surface area (Å²) < 4.78 is 33.3. The summed E-state index contributed by atoms with van der Waals surface area (Å²) in [6.07, 6.45) is 5.92. The topological polar surface area (TPSA) is 75.7 Å². The molecule has 1 amide bonds. The second kappa shape index (κ2) is 11.5. The van der Waals surface area contributed by atoms with E-state index in [1.165, 1.54) is 16.3 Å². The van der Waals surface area contributed by atoms with Crippen molar-refractivity contribution in [2.75, 3.05) is 19.0 Å². The summed E-state index contributed by atoms with van der Waals surface area (Å²) in [6, 6.07) is 23.5. The minimum Gasteiger partial charge on any atom is -0.493 e.